The highest BCUT2D eigenvalue weighted by Gasteiger charge is 2.08. The number of nitrogens with zero attached hydrogens (tertiary/aromatic N) is 3. The molecule has 3 aromatic carbocycles. The molecule has 0 aliphatic carbocycles. The summed E-state index contributed by atoms with van der Waals surface area (Å²) in [5.41, 5.74) is 5.73. The third-order valence-corrected chi connectivity index (χ3v) is 4.93. The third kappa shape index (κ3) is 3.67. The van der Waals surface area contributed by atoms with E-state index in [2.05, 4.69) is 41.4 Å². The Balaban J connectivity index is 1.74. The van der Waals surface area contributed by atoms with E-state index in [-0.39, 0.29) is 5.56 Å². The van der Waals surface area contributed by atoms with Gasteiger partial charge in [-0.15, -0.1) is 0 Å². The summed E-state index contributed by atoms with van der Waals surface area (Å²) >= 11 is 0. The minimum absolute atomic E-state index is 0.176. The molecule has 0 aliphatic rings. The summed E-state index contributed by atoms with van der Waals surface area (Å²) in [5.74, 6) is 0.546. The van der Waals surface area contributed by atoms with Gasteiger partial charge >= 0.3 is 0 Å². The van der Waals surface area contributed by atoms with Crippen LogP contribution in [-0.4, -0.2) is 15.9 Å². The summed E-state index contributed by atoms with van der Waals surface area (Å²) < 4.78 is 1.35. The van der Waals surface area contributed by atoms with Crippen molar-refractivity contribution in [3.8, 4) is 0 Å². The first kappa shape index (κ1) is 18.6. The predicted octanol–water partition coefficient (Wildman–Crippen LogP) is 4.95. The summed E-state index contributed by atoms with van der Waals surface area (Å²) in [5, 5.41) is 8.51. The molecule has 0 unspecified atom stereocenters. The number of hydrogen-bond donors (Lipinski definition) is 1. The van der Waals surface area contributed by atoms with Crippen LogP contribution in [0.1, 0.15) is 22.5 Å². The minimum Gasteiger partial charge on any atom is -0.355 e. The highest BCUT2D eigenvalue weighted by Crippen LogP contribution is 2.26. The number of aromatic nitrogens is 2. The second-order valence-corrected chi connectivity index (χ2v) is 7.02. The van der Waals surface area contributed by atoms with Crippen LogP contribution in [0, 0.1) is 20.8 Å². The van der Waals surface area contributed by atoms with Gasteiger partial charge in [-0.05, 0) is 50.1 Å². The summed E-state index contributed by atoms with van der Waals surface area (Å²) in [6, 6.07) is 21.4. The van der Waals surface area contributed by atoms with Gasteiger partial charge in [0.05, 0.1) is 17.1 Å². The lowest BCUT2D eigenvalue weighted by Gasteiger charge is -2.14. The fraction of sp³-hybridized carbons (Fsp3) is 0.125. The topological polar surface area (TPSA) is 59.3 Å². The minimum atomic E-state index is -0.176. The molecule has 29 heavy (non-hydrogen) atoms. The first-order valence-electron chi connectivity index (χ1n) is 9.49. The van der Waals surface area contributed by atoms with Crippen LogP contribution in [0.2, 0.25) is 0 Å². The van der Waals surface area contributed by atoms with E-state index in [1.165, 1.54) is 15.8 Å². The molecule has 0 spiro atoms. The molecule has 0 fully saturated rings. The van der Waals surface area contributed by atoms with Gasteiger partial charge in [0.1, 0.15) is 5.82 Å². The highest BCUT2D eigenvalue weighted by atomic mass is 16.1. The molecule has 4 aromatic rings. The lowest BCUT2D eigenvalue weighted by molar-refractivity contribution is 0.771. The molecule has 144 valence electrons. The molecule has 0 amide bonds. The van der Waals surface area contributed by atoms with Crippen molar-refractivity contribution in [2.24, 2.45) is 5.10 Å². The Morgan fingerprint density at radius 3 is 2.38 bits per heavy atom. The van der Waals surface area contributed by atoms with Crippen LogP contribution in [0.5, 0.6) is 0 Å². The molecule has 1 aromatic heterocycles. The van der Waals surface area contributed by atoms with Gasteiger partial charge in [0.25, 0.3) is 5.56 Å². The van der Waals surface area contributed by atoms with Crippen LogP contribution in [0.15, 0.2) is 76.6 Å². The molecular formula is C24H22N4O. The van der Waals surface area contributed by atoms with Crippen LogP contribution in [-0.2, 0) is 0 Å². The van der Waals surface area contributed by atoms with Crippen molar-refractivity contribution in [3.63, 3.8) is 0 Å². The number of para-hydroxylation sites is 3. The van der Waals surface area contributed by atoms with E-state index in [9.17, 15) is 4.79 Å². The molecule has 0 radical (unpaired) electrons. The summed E-state index contributed by atoms with van der Waals surface area (Å²) in [4.78, 5) is 17.3. The Morgan fingerprint density at radius 2 is 1.59 bits per heavy atom. The number of hydrogen-bond acceptors (Lipinski definition) is 4. The Bertz CT molecular complexity index is 1270. The van der Waals surface area contributed by atoms with Crippen molar-refractivity contribution in [1.82, 2.24) is 9.66 Å². The van der Waals surface area contributed by atoms with Gasteiger partial charge in [0.15, 0.2) is 0 Å². The maximum absolute atomic E-state index is 12.8. The van der Waals surface area contributed by atoms with Crippen molar-refractivity contribution < 1.29 is 0 Å². The number of anilines is 2. The maximum Gasteiger partial charge on any atom is 0.282 e. The van der Waals surface area contributed by atoms with Crippen molar-refractivity contribution in [2.45, 2.75) is 20.8 Å². The number of benzene rings is 3. The Morgan fingerprint density at radius 1 is 0.897 bits per heavy atom. The molecule has 0 aliphatic heterocycles. The molecule has 5 nitrogen and oxygen atoms in total. The average Bonchev–Trinajstić information content (AvgIpc) is 2.71. The molecule has 4 rings (SSSR count). The number of nitrogens with one attached hydrogen (secondary N) is 1. The molecule has 0 atom stereocenters. The lowest BCUT2D eigenvalue weighted by atomic mass is 10.1. The van der Waals surface area contributed by atoms with E-state index in [0.717, 1.165) is 16.9 Å². The monoisotopic (exact) mass is 382 g/mol. The second-order valence-electron chi connectivity index (χ2n) is 7.02. The first-order chi connectivity index (χ1) is 14.0. The van der Waals surface area contributed by atoms with E-state index < -0.39 is 0 Å². The maximum atomic E-state index is 12.8. The van der Waals surface area contributed by atoms with Gasteiger partial charge in [-0.1, -0.05) is 48.5 Å². The zero-order valence-electron chi connectivity index (χ0n) is 16.7. The molecule has 1 heterocycles. The largest absolute Gasteiger partial charge is 0.355 e. The molecule has 0 saturated carbocycles. The van der Waals surface area contributed by atoms with Gasteiger partial charge in [0, 0.05) is 16.9 Å². The zero-order valence-corrected chi connectivity index (χ0v) is 16.7. The summed E-state index contributed by atoms with van der Waals surface area (Å²) in [6.45, 7) is 5.94. The fourth-order valence-corrected chi connectivity index (χ4v) is 3.36. The number of rotatable bonds is 4. The van der Waals surface area contributed by atoms with Crippen molar-refractivity contribution in [2.75, 3.05) is 5.32 Å². The van der Waals surface area contributed by atoms with Crippen LogP contribution in [0.25, 0.3) is 10.9 Å². The Hall–Kier alpha value is -3.73. The first-order valence-corrected chi connectivity index (χ1v) is 9.49. The molecule has 5 heteroatoms. The zero-order chi connectivity index (χ0) is 20.4. The smallest absolute Gasteiger partial charge is 0.282 e. The average molecular weight is 382 g/mol. The van der Waals surface area contributed by atoms with E-state index >= 15 is 0 Å². The normalized spacial score (nSPS) is 11.3. The molecular weight excluding hydrogens is 360 g/mol. The molecule has 0 saturated heterocycles. The van der Waals surface area contributed by atoms with Gasteiger partial charge in [-0.3, -0.25) is 4.79 Å². The second kappa shape index (κ2) is 7.72. The van der Waals surface area contributed by atoms with Crippen molar-refractivity contribution >= 4 is 28.5 Å². The van der Waals surface area contributed by atoms with Gasteiger partial charge < -0.3 is 5.32 Å². The van der Waals surface area contributed by atoms with Crippen molar-refractivity contribution in [1.29, 1.82) is 0 Å². The number of fused-ring (bicyclic) bond motifs is 1. The SMILES string of the molecule is Cc1cccc(C)c1Nc1ccccc1C=Nn1c(C)nc2ccccc2c1=O. The lowest BCUT2D eigenvalue weighted by Crippen LogP contribution is -2.20. The quantitative estimate of drug-likeness (QED) is 0.508. The van der Waals surface area contributed by atoms with Gasteiger partial charge in [-0.25, -0.2) is 4.98 Å². The standard InChI is InChI=1S/C24H22N4O/c1-16-9-8-10-17(2)23(16)27-21-13-6-4-11-19(21)15-25-28-18(3)26-22-14-7-5-12-20(22)24(28)29/h4-15,27H,1-3H3. The predicted molar refractivity (Wildman–Crippen MR) is 119 cm³/mol. The van der Waals surface area contributed by atoms with E-state index in [1.807, 2.05) is 48.5 Å². The van der Waals surface area contributed by atoms with Gasteiger partial charge in [-0.2, -0.15) is 9.78 Å². The third-order valence-electron chi connectivity index (χ3n) is 4.93. The van der Waals surface area contributed by atoms with E-state index in [0.29, 0.717) is 16.7 Å². The van der Waals surface area contributed by atoms with E-state index in [4.69, 9.17) is 0 Å². The molecule has 1 N–H and O–H groups in total. The molecule has 0 bridgehead atoms. The highest BCUT2D eigenvalue weighted by molar-refractivity contribution is 5.89. The van der Waals surface area contributed by atoms with Crippen molar-refractivity contribution in [3.05, 3.63) is 99.6 Å². The summed E-state index contributed by atoms with van der Waals surface area (Å²) in [7, 11) is 0. The van der Waals surface area contributed by atoms with Gasteiger partial charge in [0.2, 0.25) is 0 Å². The van der Waals surface area contributed by atoms with Crippen LogP contribution < -0.4 is 10.9 Å². The fourth-order valence-electron chi connectivity index (χ4n) is 3.36. The number of aryl methyl sites for hydroxylation is 3. The van der Waals surface area contributed by atoms with E-state index in [1.54, 1.807) is 19.2 Å². The van der Waals surface area contributed by atoms with Crippen LogP contribution >= 0.6 is 0 Å². The van der Waals surface area contributed by atoms with Crippen LogP contribution in [0.4, 0.5) is 11.4 Å². The summed E-state index contributed by atoms with van der Waals surface area (Å²) in [6.07, 6.45) is 1.70. The Kier molecular flexibility index (Phi) is 4.96. The van der Waals surface area contributed by atoms with Crippen LogP contribution in [0.3, 0.4) is 0 Å². The Labute approximate surface area is 169 Å².